The van der Waals surface area contributed by atoms with E-state index in [2.05, 4.69) is 15.1 Å². The Morgan fingerprint density at radius 1 is 1.24 bits per heavy atom. The lowest BCUT2D eigenvalue weighted by atomic mass is 9.97. The van der Waals surface area contributed by atoms with Crippen molar-refractivity contribution in [2.45, 2.75) is 26.1 Å². The molecule has 198 valence electrons. The molecule has 1 aliphatic rings. The zero-order valence-electron chi connectivity index (χ0n) is 19.7. The molecule has 4 aromatic rings. The molecular formula is C24H19F3N4O7. The normalized spacial score (nSPS) is 14.7. The van der Waals surface area contributed by atoms with Gasteiger partial charge >= 0.3 is 23.8 Å². The number of benzene rings is 1. The number of aromatic amines is 1. The molecule has 1 aromatic carbocycles. The molecule has 5 rings (SSSR count). The standard InChI is InChI=1S/C22H18N4O5.C2HF3O2/c1-11-18(12(2)31-25-11)14-9-13(6-7-17(27)28)19-20-21(14)30-10-16(26(20)22(29)24-19)15-5-3-4-8-23-15;3-2(4,5)1(6)7/h3-9,16H,10H2,1-2H3,(H,24,29)(H,27,28);(H,6,7)/t16-;/m1./s1. The minimum absolute atomic E-state index is 0.220. The number of H-pyrrole nitrogens is 1. The Labute approximate surface area is 210 Å². The van der Waals surface area contributed by atoms with Crippen LogP contribution >= 0.6 is 0 Å². The first-order valence-corrected chi connectivity index (χ1v) is 10.9. The van der Waals surface area contributed by atoms with Gasteiger partial charge < -0.3 is 24.5 Å². The molecule has 0 unspecified atom stereocenters. The third-order valence-electron chi connectivity index (χ3n) is 5.65. The number of hydrogen-bond acceptors (Lipinski definition) is 7. The van der Waals surface area contributed by atoms with Crippen molar-refractivity contribution in [1.29, 1.82) is 0 Å². The van der Waals surface area contributed by atoms with E-state index in [9.17, 15) is 22.8 Å². The van der Waals surface area contributed by atoms with Crippen LogP contribution in [0.1, 0.15) is 28.8 Å². The molecule has 3 aromatic heterocycles. The largest absolute Gasteiger partial charge is 0.490 e. The number of hydrogen-bond donors (Lipinski definition) is 3. The van der Waals surface area contributed by atoms with Gasteiger partial charge in [0.15, 0.2) is 5.75 Å². The first kappa shape index (κ1) is 26.2. The van der Waals surface area contributed by atoms with Crippen LogP contribution in [0.2, 0.25) is 0 Å². The van der Waals surface area contributed by atoms with Crippen LogP contribution in [-0.2, 0) is 9.59 Å². The van der Waals surface area contributed by atoms with E-state index in [1.165, 1.54) is 6.08 Å². The second-order valence-electron chi connectivity index (χ2n) is 8.12. The summed E-state index contributed by atoms with van der Waals surface area (Å²) in [6, 6.07) is 6.86. The van der Waals surface area contributed by atoms with Crippen LogP contribution in [0.3, 0.4) is 0 Å². The van der Waals surface area contributed by atoms with Gasteiger partial charge in [0.1, 0.15) is 23.9 Å². The molecule has 3 N–H and O–H groups in total. The van der Waals surface area contributed by atoms with Crippen molar-refractivity contribution in [2.24, 2.45) is 0 Å². The molecule has 0 radical (unpaired) electrons. The van der Waals surface area contributed by atoms with Crippen molar-refractivity contribution in [1.82, 2.24) is 19.7 Å². The Balaban J connectivity index is 0.000000426. The minimum atomic E-state index is -5.08. The molecule has 4 heterocycles. The number of ether oxygens (including phenoxy) is 1. The Bertz CT molecular complexity index is 1600. The molecule has 0 spiro atoms. The predicted molar refractivity (Wildman–Crippen MR) is 126 cm³/mol. The summed E-state index contributed by atoms with van der Waals surface area (Å²) in [6.45, 7) is 3.83. The Kier molecular flexibility index (Phi) is 6.81. The van der Waals surface area contributed by atoms with Gasteiger partial charge in [-0.3, -0.25) is 9.55 Å². The minimum Gasteiger partial charge on any atom is -0.488 e. The molecular weight excluding hydrogens is 513 g/mol. The van der Waals surface area contributed by atoms with Gasteiger partial charge in [-0.15, -0.1) is 0 Å². The van der Waals surface area contributed by atoms with Crippen LogP contribution in [0.5, 0.6) is 5.75 Å². The number of halogens is 3. The highest BCUT2D eigenvalue weighted by Gasteiger charge is 2.38. The Morgan fingerprint density at radius 3 is 2.50 bits per heavy atom. The number of aliphatic carboxylic acids is 2. The maximum absolute atomic E-state index is 13.0. The molecule has 14 heteroatoms. The van der Waals surface area contributed by atoms with Gasteiger partial charge in [0.05, 0.1) is 22.5 Å². The van der Waals surface area contributed by atoms with E-state index in [1.807, 2.05) is 19.1 Å². The van der Waals surface area contributed by atoms with Gasteiger partial charge in [0, 0.05) is 23.4 Å². The number of nitrogens with zero attached hydrogens (tertiary/aromatic N) is 3. The monoisotopic (exact) mass is 532 g/mol. The van der Waals surface area contributed by atoms with E-state index >= 15 is 0 Å². The van der Waals surface area contributed by atoms with E-state index in [0.717, 1.165) is 11.6 Å². The number of carboxylic acid groups (broad SMARTS) is 2. The van der Waals surface area contributed by atoms with E-state index < -0.39 is 24.2 Å². The second kappa shape index (κ2) is 9.88. The highest BCUT2D eigenvalue weighted by atomic mass is 19.4. The molecule has 1 atom stereocenters. The first-order chi connectivity index (χ1) is 17.9. The molecule has 38 heavy (non-hydrogen) atoms. The van der Waals surface area contributed by atoms with Gasteiger partial charge in [-0.25, -0.2) is 14.4 Å². The highest BCUT2D eigenvalue weighted by Crippen LogP contribution is 2.44. The fourth-order valence-corrected chi connectivity index (χ4v) is 4.12. The quantitative estimate of drug-likeness (QED) is 0.333. The smallest absolute Gasteiger partial charge is 0.488 e. The van der Waals surface area contributed by atoms with Gasteiger partial charge in [-0.2, -0.15) is 13.2 Å². The van der Waals surface area contributed by atoms with Crippen molar-refractivity contribution < 1.29 is 42.2 Å². The van der Waals surface area contributed by atoms with E-state index in [4.69, 9.17) is 24.3 Å². The van der Waals surface area contributed by atoms with Crippen LogP contribution in [0.15, 0.2) is 45.9 Å². The van der Waals surface area contributed by atoms with E-state index in [1.54, 1.807) is 29.8 Å². The second-order valence-corrected chi connectivity index (χ2v) is 8.12. The summed E-state index contributed by atoms with van der Waals surface area (Å²) in [5.41, 5.74) is 4.05. The van der Waals surface area contributed by atoms with Crippen molar-refractivity contribution in [3.05, 3.63) is 69.7 Å². The zero-order valence-corrected chi connectivity index (χ0v) is 19.7. The zero-order chi connectivity index (χ0) is 27.8. The number of carboxylic acids is 2. The lowest BCUT2D eigenvalue weighted by Crippen LogP contribution is -2.31. The van der Waals surface area contributed by atoms with Crippen LogP contribution < -0.4 is 10.4 Å². The predicted octanol–water partition coefficient (Wildman–Crippen LogP) is 3.71. The average molecular weight is 532 g/mol. The van der Waals surface area contributed by atoms with E-state index in [-0.39, 0.29) is 12.3 Å². The van der Waals surface area contributed by atoms with E-state index in [0.29, 0.717) is 45.1 Å². The third-order valence-corrected chi connectivity index (χ3v) is 5.65. The average Bonchev–Trinajstić information content (AvgIpc) is 3.38. The number of carbonyl (C=O) groups is 2. The van der Waals surface area contributed by atoms with Crippen LogP contribution in [0.25, 0.3) is 28.2 Å². The summed E-state index contributed by atoms with van der Waals surface area (Å²) in [5, 5.41) is 20.3. The van der Waals surface area contributed by atoms with Gasteiger partial charge in [-0.1, -0.05) is 11.2 Å². The molecule has 0 aliphatic carbocycles. The van der Waals surface area contributed by atoms with Gasteiger partial charge in [0.2, 0.25) is 0 Å². The number of pyridine rings is 1. The summed E-state index contributed by atoms with van der Waals surface area (Å²) in [7, 11) is 0. The number of nitrogens with one attached hydrogen (secondary N) is 1. The lowest BCUT2D eigenvalue weighted by molar-refractivity contribution is -0.192. The Hall–Kier alpha value is -4.88. The van der Waals surface area contributed by atoms with Crippen molar-refractivity contribution >= 4 is 29.0 Å². The maximum Gasteiger partial charge on any atom is 0.490 e. The number of aryl methyl sites for hydroxylation is 2. The molecule has 0 saturated heterocycles. The number of aromatic nitrogens is 4. The first-order valence-electron chi connectivity index (χ1n) is 10.9. The number of imidazole rings is 1. The molecule has 0 fully saturated rings. The maximum atomic E-state index is 13.0. The van der Waals surface area contributed by atoms with Gasteiger partial charge in [-0.05, 0) is 38.1 Å². The Morgan fingerprint density at radius 2 is 1.95 bits per heavy atom. The fraction of sp³-hybridized carbons (Fsp3) is 0.208. The van der Waals surface area contributed by atoms with Crippen LogP contribution in [-0.4, -0.2) is 54.6 Å². The summed E-state index contributed by atoms with van der Waals surface area (Å²) in [5.74, 6) is -2.73. The lowest BCUT2D eigenvalue weighted by Gasteiger charge is -2.26. The van der Waals surface area contributed by atoms with Crippen molar-refractivity contribution in [2.75, 3.05) is 6.61 Å². The fourth-order valence-electron chi connectivity index (χ4n) is 4.12. The van der Waals surface area contributed by atoms with Crippen LogP contribution in [0, 0.1) is 13.8 Å². The van der Waals surface area contributed by atoms with Crippen molar-refractivity contribution in [3.8, 4) is 16.9 Å². The number of alkyl halides is 3. The molecule has 1 aliphatic heterocycles. The van der Waals surface area contributed by atoms with Gasteiger partial charge in [0.25, 0.3) is 0 Å². The van der Waals surface area contributed by atoms with Crippen molar-refractivity contribution in [3.63, 3.8) is 0 Å². The highest BCUT2D eigenvalue weighted by molar-refractivity contribution is 5.99. The van der Waals surface area contributed by atoms with Crippen LogP contribution in [0.4, 0.5) is 13.2 Å². The summed E-state index contributed by atoms with van der Waals surface area (Å²) >= 11 is 0. The number of rotatable bonds is 4. The summed E-state index contributed by atoms with van der Waals surface area (Å²) in [4.78, 5) is 40.3. The SMILES string of the molecule is Cc1noc(C)c1-c1cc(C=CC(=O)O)c2[nH]c(=O)n3c2c1OC[C@@H]3c1ccccn1.O=C(O)C(F)(F)F. The summed E-state index contributed by atoms with van der Waals surface area (Å²) in [6.07, 6.45) is -0.932. The molecule has 0 amide bonds. The third kappa shape index (κ3) is 4.87. The summed E-state index contributed by atoms with van der Waals surface area (Å²) < 4.78 is 44.9. The molecule has 0 saturated carbocycles. The molecule has 0 bridgehead atoms. The topological polar surface area (TPSA) is 161 Å². The molecule has 11 nitrogen and oxygen atoms in total.